The molecule has 6 rings (SSSR count). The smallest absolute Gasteiger partial charge is 0.322 e. The fourth-order valence-corrected chi connectivity index (χ4v) is 4.30. The highest BCUT2D eigenvalue weighted by atomic mass is 16.5. The second-order valence-electron chi connectivity index (χ2n) is 8.01. The topological polar surface area (TPSA) is 108 Å². The van der Waals surface area contributed by atoms with Gasteiger partial charge in [-0.2, -0.15) is 4.98 Å². The van der Waals surface area contributed by atoms with Crippen LogP contribution in [0.3, 0.4) is 0 Å². The molecule has 0 aromatic carbocycles. The first-order valence-electron chi connectivity index (χ1n) is 9.82. The van der Waals surface area contributed by atoms with E-state index in [0.717, 1.165) is 17.9 Å². The van der Waals surface area contributed by atoms with Crippen LogP contribution in [-0.4, -0.2) is 51.6 Å². The summed E-state index contributed by atoms with van der Waals surface area (Å²) in [6.07, 6.45) is 7.14. The van der Waals surface area contributed by atoms with Gasteiger partial charge in [-0.05, 0) is 23.5 Å². The summed E-state index contributed by atoms with van der Waals surface area (Å²) < 4.78 is 10.7. The summed E-state index contributed by atoms with van der Waals surface area (Å²) in [6, 6.07) is 4.12. The van der Waals surface area contributed by atoms with E-state index in [-0.39, 0.29) is 18.0 Å². The number of pyridine rings is 1. The van der Waals surface area contributed by atoms with Gasteiger partial charge in [0.15, 0.2) is 17.0 Å². The predicted octanol–water partition coefficient (Wildman–Crippen LogP) is 1.02. The Morgan fingerprint density at radius 1 is 1.23 bits per heavy atom. The van der Waals surface area contributed by atoms with Gasteiger partial charge in [0.05, 0.1) is 19.1 Å². The van der Waals surface area contributed by atoms with E-state index in [0.29, 0.717) is 34.7 Å². The Morgan fingerprint density at radius 2 is 2.10 bits per heavy atom. The van der Waals surface area contributed by atoms with E-state index < -0.39 is 0 Å². The molecule has 30 heavy (non-hydrogen) atoms. The van der Waals surface area contributed by atoms with Crippen LogP contribution in [0.4, 0.5) is 5.82 Å². The zero-order valence-corrected chi connectivity index (χ0v) is 16.5. The van der Waals surface area contributed by atoms with Crippen LogP contribution in [0.5, 0.6) is 0 Å². The Labute approximate surface area is 170 Å². The number of nitrogens with zero attached hydrogens (tertiary/aromatic N) is 8. The molecule has 1 saturated carbocycles. The molecular formula is C20H19N8O2+. The van der Waals surface area contributed by atoms with Crippen LogP contribution in [0.25, 0.3) is 11.2 Å². The summed E-state index contributed by atoms with van der Waals surface area (Å²) in [7, 11) is 1.77. The van der Waals surface area contributed by atoms with E-state index in [1.165, 1.54) is 10.9 Å². The number of hydrogen-bond donors (Lipinski definition) is 0. The summed E-state index contributed by atoms with van der Waals surface area (Å²) in [5.41, 5.74) is 1.85. The van der Waals surface area contributed by atoms with Gasteiger partial charge in [-0.15, -0.1) is 0 Å². The van der Waals surface area contributed by atoms with Gasteiger partial charge in [-0.1, -0.05) is 5.16 Å². The number of fused-ring (bicyclic) bond motifs is 2. The van der Waals surface area contributed by atoms with Gasteiger partial charge in [0.1, 0.15) is 19.1 Å². The number of aryl methyl sites for hydroxylation is 2. The molecule has 3 atom stereocenters. The third-order valence-corrected chi connectivity index (χ3v) is 5.97. The minimum absolute atomic E-state index is 0.183. The van der Waals surface area contributed by atoms with Crippen molar-refractivity contribution >= 4 is 23.2 Å². The SMILES string of the molecule is Cc1ccc([N+]2=C[C@H]3[C@@H](C2)[C@@H]3c2noc(Cn3cnc4ncn(C)c4c3=O)n2)nc1. The Bertz CT molecular complexity index is 1360. The van der Waals surface area contributed by atoms with E-state index >= 15 is 0 Å². The van der Waals surface area contributed by atoms with Gasteiger partial charge < -0.3 is 9.09 Å². The quantitative estimate of drug-likeness (QED) is 0.468. The molecule has 4 aromatic heterocycles. The lowest BCUT2D eigenvalue weighted by molar-refractivity contribution is -0.437. The molecular weight excluding hydrogens is 384 g/mol. The van der Waals surface area contributed by atoms with Crippen LogP contribution in [0.1, 0.15) is 23.2 Å². The van der Waals surface area contributed by atoms with E-state index in [2.05, 4.69) is 41.9 Å². The Kier molecular flexibility index (Phi) is 3.53. The molecule has 1 aliphatic heterocycles. The maximum absolute atomic E-state index is 12.7. The number of aromatic nitrogens is 7. The van der Waals surface area contributed by atoms with Crippen LogP contribution in [0, 0.1) is 18.8 Å². The van der Waals surface area contributed by atoms with Crippen molar-refractivity contribution < 1.29 is 9.10 Å². The highest BCUT2D eigenvalue weighted by molar-refractivity contribution is 5.69. The first-order valence-corrected chi connectivity index (χ1v) is 9.82. The highest BCUT2D eigenvalue weighted by Crippen LogP contribution is 2.55. The minimum atomic E-state index is -0.183. The van der Waals surface area contributed by atoms with Crippen molar-refractivity contribution in [1.82, 2.24) is 34.2 Å². The lowest BCUT2D eigenvalue weighted by atomic mass is 10.2. The summed E-state index contributed by atoms with van der Waals surface area (Å²) in [5.74, 6) is 3.20. The molecule has 1 fully saturated rings. The summed E-state index contributed by atoms with van der Waals surface area (Å²) in [4.78, 5) is 30.1. The van der Waals surface area contributed by atoms with E-state index in [9.17, 15) is 4.79 Å². The third-order valence-electron chi connectivity index (χ3n) is 5.97. The van der Waals surface area contributed by atoms with Gasteiger partial charge in [0.25, 0.3) is 5.56 Å². The predicted molar refractivity (Wildman–Crippen MR) is 106 cm³/mol. The second kappa shape index (κ2) is 6.15. The van der Waals surface area contributed by atoms with Gasteiger partial charge >= 0.3 is 5.82 Å². The van der Waals surface area contributed by atoms with Crippen LogP contribution >= 0.6 is 0 Å². The summed E-state index contributed by atoms with van der Waals surface area (Å²) in [5, 5.41) is 4.17. The number of rotatable bonds is 4. The van der Waals surface area contributed by atoms with Crippen molar-refractivity contribution in [1.29, 1.82) is 0 Å². The monoisotopic (exact) mass is 403 g/mol. The van der Waals surface area contributed by atoms with Gasteiger partial charge in [0.2, 0.25) is 5.89 Å². The molecule has 0 unspecified atom stereocenters. The molecule has 4 aromatic rings. The van der Waals surface area contributed by atoms with Gasteiger partial charge in [-0.3, -0.25) is 9.36 Å². The molecule has 2 aliphatic rings. The van der Waals surface area contributed by atoms with Gasteiger partial charge in [0, 0.05) is 30.9 Å². The molecule has 0 radical (unpaired) electrons. The van der Waals surface area contributed by atoms with Crippen molar-refractivity contribution in [2.45, 2.75) is 19.4 Å². The highest BCUT2D eigenvalue weighted by Gasteiger charge is 2.58. The molecule has 150 valence electrons. The maximum Gasteiger partial charge on any atom is 0.322 e. The van der Waals surface area contributed by atoms with E-state index in [1.807, 2.05) is 19.2 Å². The molecule has 0 N–H and O–H groups in total. The van der Waals surface area contributed by atoms with Crippen molar-refractivity contribution in [2.24, 2.45) is 18.9 Å². The number of imidazole rings is 1. The minimum Gasteiger partial charge on any atom is -0.337 e. The molecule has 10 heteroatoms. The zero-order valence-electron chi connectivity index (χ0n) is 16.5. The second-order valence-corrected chi connectivity index (χ2v) is 8.01. The standard InChI is InChI=1S/C20H19N8O2/c1-11-3-4-14(21-5-11)27-6-12-13(7-27)16(12)18-24-15(30-25-18)8-28-10-23-19-17(20(28)29)26(2)9-22-19/h3-6,9-10,12-13,16H,7-8H2,1-2H3/q+1/t12-,13+,16+/m0/s1. The summed E-state index contributed by atoms with van der Waals surface area (Å²) >= 11 is 0. The van der Waals surface area contributed by atoms with Crippen molar-refractivity contribution in [3.63, 3.8) is 0 Å². The molecule has 5 heterocycles. The Balaban J connectivity index is 1.20. The molecule has 0 saturated heterocycles. The number of hydrogen-bond acceptors (Lipinski definition) is 7. The lowest BCUT2D eigenvalue weighted by Gasteiger charge is -2.02. The van der Waals surface area contributed by atoms with Gasteiger partial charge in [-0.25, -0.2) is 14.5 Å². The Morgan fingerprint density at radius 3 is 2.87 bits per heavy atom. The fraction of sp³-hybridized carbons (Fsp3) is 0.350. The first kappa shape index (κ1) is 17.2. The van der Waals surface area contributed by atoms with E-state index in [1.54, 1.807) is 17.9 Å². The van der Waals surface area contributed by atoms with E-state index in [4.69, 9.17) is 4.52 Å². The largest absolute Gasteiger partial charge is 0.337 e. The zero-order chi connectivity index (χ0) is 20.4. The first-order chi connectivity index (χ1) is 14.6. The Hall–Kier alpha value is -3.69. The molecule has 1 aliphatic carbocycles. The van der Waals surface area contributed by atoms with Crippen molar-refractivity contribution in [3.8, 4) is 0 Å². The average molecular weight is 403 g/mol. The lowest BCUT2D eigenvalue weighted by Crippen LogP contribution is -2.22. The molecule has 0 amide bonds. The molecule has 0 bridgehead atoms. The van der Waals surface area contributed by atoms with Crippen molar-refractivity contribution in [2.75, 3.05) is 6.54 Å². The molecule has 10 nitrogen and oxygen atoms in total. The average Bonchev–Trinajstić information content (AvgIpc) is 3.16. The molecule has 0 spiro atoms. The van der Waals surface area contributed by atoms with Crippen LogP contribution in [0.15, 0.2) is 40.3 Å². The van der Waals surface area contributed by atoms with Crippen LogP contribution in [0.2, 0.25) is 0 Å². The normalized spacial score (nSPS) is 22.3. The van der Waals surface area contributed by atoms with Crippen LogP contribution < -0.4 is 5.56 Å². The van der Waals surface area contributed by atoms with Crippen molar-refractivity contribution in [3.05, 3.63) is 58.6 Å². The maximum atomic E-state index is 12.7. The van der Waals surface area contributed by atoms with Crippen LogP contribution in [-0.2, 0) is 13.6 Å². The third kappa shape index (κ3) is 2.60. The fourth-order valence-electron chi connectivity index (χ4n) is 4.30. The summed E-state index contributed by atoms with van der Waals surface area (Å²) in [6.45, 7) is 3.12.